The SMILES string of the molecule is COc1ccc(-c2nn3ccc(C(=O)N(CCC(C)C)CCC(C)C)cc3c2CCN2CCCCC2)cc1. The van der Waals surface area contributed by atoms with Crippen molar-refractivity contribution in [2.75, 3.05) is 39.8 Å². The molecule has 0 bridgehead atoms. The van der Waals surface area contributed by atoms with Crippen molar-refractivity contribution in [3.8, 4) is 17.0 Å². The van der Waals surface area contributed by atoms with E-state index in [1.54, 1.807) is 7.11 Å². The number of hydrogen-bond donors (Lipinski definition) is 0. The fraction of sp³-hybridized carbons (Fsp3) is 0.562. The van der Waals surface area contributed by atoms with Crippen LogP contribution in [0.25, 0.3) is 16.8 Å². The first-order valence-corrected chi connectivity index (χ1v) is 14.5. The number of carbonyl (C=O) groups excluding carboxylic acids is 1. The van der Waals surface area contributed by atoms with Crippen molar-refractivity contribution in [1.82, 2.24) is 19.4 Å². The molecule has 0 atom stereocenters. The topological polar surface area (TPSA) is 50.1 Å². The average molecular weight is 519 g/mol. The molecule has 0 unspecified atom stereocenters. The predicted octanol–water partition coefficient (Wildman–Crippen LogP) is 6.57. The number of fused-ring (bicyclic) bond motifs is 1. The van der Waals surface area contributed by atoms with E-state index in [2.05, 4.69) is 55.7 Å². The van der Waals surface area contributed by atoms with Gasteiger partial charge in [0.05, 0.1) is 18.3 Å². The third-order valence-electron chi connectivity index (χ3n) is 7.71. The summed E-state index contributed by atoms with van der Waals surface area (Å²) in [7, 11) is 1.69. The van der Waals surface area contributed by atoms with Gasteiger partial charge < -0.3 is 14.5 Å². The summed E-state index contributed by atoms with van der Waals surface area (Å²) in [5.74, 6) is 2.09. The predicted molar refractivity (Wildman–Crippen MR) is 156 cm³/mol. The molecule has 1 aromatic carbocycles. The molecular weight excluding hydrogens is 472 g/mol. The Labute approximate surface area is 229 Å². The quantitative estimate of drug-likeness (QED) is 0.272. The fourth-order valence-corrected chi connectivity index (χ4v) is 5.23. The average Bonchev–Trinajstić information content (AvgIpc) is 3.29. The number of aromatic nitrogens is 2. The van der Waals surface area contributed by atoms with E-state index in [4.69, 9.17) is 9.84 Å². The minimum atomic E-state index is 0.128. The van der Waals surface area contributed by atoms with E-state index >= 15 is 0 Å². The van der Waals surface area contributed by atoms with Crippen LogP contribution in [0.1, 0.15) is 75.7 Å². The molecule has 1 amide bonds. The number of hydrogen-bond acceptors (Lipinski definition) is 4. The Kier molecular flexibility index (Phi) is 9.84. The molecular formula is C32H46N4O2. The maximum Gasteiger partial charge on any atom is 0.253 e. The number of methoxy groups -OCH3 is 1. The summed E-state index contributed by atoms with van der Waals surface area (Å²) in [6.45, 7) is 13.8. The molecule has 4 rings (SSSR count). The van der Waals surface area contributed by atoms with Crippen LogP contribution in [0.2, 0.25) is 0 Å². The number of amides is 1. The Hall–Kier alpha value is -2.86. The Morgan fingerprint density at radius 3 is 2.24 bits per heavy atom. The number of rotatable bonds is 12. The van der Waals surface area contributed by atoms with Crippen LogP contribution in [0.3, 0.4) is 0 Å². The van der Waals surface area contributed by atoms with Gasteiger partial charge in [0.25, 0.3) is 5.91 Å². The molecule has 6 nitrogen and oxygen atoms in total. The number of pyridine rings is 1. The summed E-state index contributed by atoms with van der Waals surface area (Å²) in [6, 6.07) is 12.2. The van der Waals surface area contributed by atoms with E-state index in [1.807, 2.05) is 28.9 Å². The largest absolute Gasteiger partial charge is 0.497 e. The Bertz CT molecular complexity index is 1160. The summed E-state index contributed by atoms with van der Waals surface area (Å²) in [6.07, 6.45) is 8.79. The van der Waals surface area contributed by atoms with E-state index in [-0.39, 0.29) is 5.91 Å². The zero-order valence-electron chi connectivity index (χ0n) is 24.1. The first kappa shape index (κ1) is 28.2. The highest BCUT2D eigenvalue weighted by Crippen LogP contribution is 2.29. The van der Waals surface area contributed by atoms with Gasteiger partial charge in [-0.2, -0.15) is 5.10 Å². The second kappa shape index (κ2) is 13.3. The number of carbonyl (C=O) groups is 1. The van der Waals surface area contributed by atoms with Gasteiger partial charge in [0.2, 0.25) is 0 Å². The molecule has 1 fully saturated rings. The lowest BCUT2D eigenvalue weighted by Gasteiger charge is -2.26. The Morgan fingerprint density at radius 2 is 1.63 bits per heavy atom. The molecule has 0 N–H and O–H groups in total. The van der Waals surface area contributed by atoms with Crippen LogP contribution in [0, 0.1) is 11.8 Å². The lowest BCUT2D eigenvalue weighted by molar-refractivity contribution is 0.0741. The van der Waals surface area contributed by atoms with Gasteiger partial charge in [-0.05, 0) is 93.4 Å². The van der Waals surface area contributed by atoms with E-state index in [0.717, 1.165) is 67.0 Å². The van der Waals surface area contributed by atoms with Gasteiger partial charge in [0, 0.05) is 42.5 Å². The van der Waals surface area contributed by atoms with Gasteiger partial charge in [-0.1, -0.05) is 34.1 Å². The van der Waals surface area contributed by atoms with Crippen LogP contribution in [-0.4, -0.2) is 65.2 Å². The van der Waals surface area contributed by atoms with E-state index in [0.29, 0.717) is 11.8 Å². The number of benzene rings is 1. The highest BCUT2D eigenvalue weighted by Gasteiger charge is 2.21. The van der Waals surface area contributed by atoms with Crippen molar-refractivity contribution in [3.63, 3.8) is 0 Å². The minimum absolute atomic E-state index is 0.128. The first-order valence-electron chi connectivity index (χ1n) is 14.5. The van der Waals surface area contributed by atoms with Crippen LogP contribution >= 0.6 is 0 Å². The van der Waals surface area contributed by atoms with Crippen LogP contribution in [0.5, 0.6) is 5.75 Å². The van der Waals surface area contributed by atoms with Gasteiger partial charge in [0.15, 0.2) is 0 Å². The monoisotopic (exact) mass is 518 g/mol. The highest BCUT2D eigenvalue weighted by atomic mass is 16.5. The molecule has 1 aliphatic rings. The van der Waals surface area contributed by atoms with E-state index in [1.165, 1.54) is 37.9 Å². The van der Waals surface area contributed by atoms with Gasteiger partial charge in [-0.3, -0.25) is 4.79 Å². The maximum absolute atomic E-state index is 13.8. The molecule has 206 valence electrons. The fourth-order valence-electron chi connectivity index (χ4n) is 5.23. The first-order chi connectivity index (χ1) is 18.4. The highest BCUT2D eigenvalue weighted by molar-refractivity contribution is 5.95. The third-order valence-corrected chi connectivity index (χ3v) is 7.71. The molecule has 2 aromatic heterocycles. The molecule has 0 saturated carbocycles. The standard InChI is InChI=1S/C32H46N4O2/c1-24(2)13-20-35(21-14-25(3)4)32(37)27-15-22-36-30(23-27)29(16-19-34-17-7-6-8-18-34)31(33-36)26-9-11-28(38-5)12-10-26/h9-12,15,22-25H,6-8,13-14,16-21H2,1-5H3. The summed E-state index contributed by atoms with van der Waals surface area (Å²) in [5, 5.41) is 5.00. The molecule has 1 aliphatic heterocycles. The van der Waals surface area contributed by atoms with Crippen LogP contribution in [0.4, 0.5) is 0 Å². The zero-order chi connectivity index (χ0) is 27.1. The van der Waals surface area contributed by atoms with Crippen molar-refractivity contribution >= 4 is 11.4 Å². The smallest absolute Gasteiger partial charge is 0.253 e. The summed E-state index contributed by atoms with van der Waals surface area (Å²) < 4.78 is 7.33. The number of nitrogens with zero attached hydrogens (tertiary/aromatic N) is 4. The van der Waals surface area contributed by atoms with Crippen molar-refractivity contribution < 1.29 is 9.53 Å². The summed E-state index contributed by atoms with van der Waals surface area (Å²) in [4.78, 5) is 18.4. The molecule has 3 heterocycles. The number of likely N-dealkylation sites (tertiary alicyclic amines) is 1. The Morgan fingerprint density at radius 1 is 0.974 bits per heavy atom. The second-order valence-corrected chi connectivity index (χ2v) is 11.6. The lowest BCUT2D eigenvalue weighted by atomic mass is 10.0. The van der Waals surface area contributed by atoms with Gasteiger partial charge in [-0.25, -0.2) is 4.52 Å². The molecule has 38 heavy (non-hydrogen) atoms. The van der Waals surface area contributed by atoms with Crippen molar-refractivity contribution in [3.05, 3.63) is 53.7 Å². The summed E-state index contributed by atoms with van der Waals surface area (Å²) >= 11 is 0. The van der Waals surface area contributed by atoms with Crippen molar-refractivity contribution in [2.45, 2.75) is 66.2 Å². The van der Waals surface area contributed by atoms with Gasteiger partial charge in [0.1, 0.15) is 5.75 Å². The van der Waals surface area contributed by atoms with Crippen LogP contribution < -0.4 is 4.74 Å². The van der Waals surface area contributed by atoms with Crippen molar-refractivity contribution in [1.29, 1.82) is 0 Å². The Balaban J connectivity index is 1.68. The summed E-state index contributed by atoms with van der Waals surface area (Å²) in [5.41, 5.74) is 5.07. The molecule has 0 radical (unpaired) electrons. The van der Waals surface area contributed by atoms with Crippen molar-refractivity contribution in [2.24, 2.45) is 11.8 Å². The van der Waals surface area contributed by atoms with Crippen LogP contribution in [0.15, 0.2) is 42.6 Å². The van der Waals surface area contributed by atoms with Crippen LogP contribution in [-0.2, 0) is 6.42 Å². The molecule has 3 aromatic rings. The number of ether oxygens (including phenoxy) is 1. The van der Waals surface area contributed by atoms with E-state index in [9.17, 15) is 4.79 Å². The molecule has 6 heteroatoms. The molecule has 1 saturated heterocycles. The zero-order valence-corrected chi connectivity index (χ0v) is 24.1. The van der Waals surface area contributed by atoms with E-state index < -0.39 is 0 Å². The minimum Gasteiger partial charge on any atom is -0.497 e. The maximum atomic E-state index is 13.8. The van der Waals surface area contributed by atoms with Gasteiger partial charge in [-0.15, -0.1) is 0 Å². The second-order valence-electron chi connectivity index (χ2n) is 11.6. The third kappa shape index (κ3) is 7.16. The lowest BCUT2D eigenvalue weighted by Crippen LogP contribution is -2.34. The molecule has 0 aliphatic carbocycles. The normalized spacial score (nSPS) is 14.5. The number of piperidine rings is 1. The van der Waals surface area contributed by atoms with Gasteiger partial charge >= 0.3 is 0 Å². The molecule has 0 spiro atoms.